The molecule has 1 aliphatic heterocycles. The van der Waals surface area contributed by atoms with Crippen molar-refractivity contribution in [3.63, 3.8) is 0 Å². The first-order valence-corrected chi connectivity index (χ1v) is 6.63. The fourth-order valence-corrected chi connectivity index (χ4v) is 3.18. The molecule has 3 fully saturated rings. The van der Waals surface area contributed by atoms with Crippen molar-refractivity contribution in [2.75, 3.05) is 13.1 Å². The minimum absolute atomic E-state index is 0.182. The van der Waals surface area contributed by atoms with E-state index >= 15 is 0 Å². The third kappa shape index (κ3) is 1.70. The van der Waals surface area contributed by atoms with E-state index in [1.165, 1.54) is 25.7 Å². The van der Waals surface area contributed by atoms with E-state index in [1.807, 2.05) is 4.90 Å². The van der Waals surface area contributed by atoms with E-state index in [0.717, 1.165) is 24.9 Å². The second kappa shape index (κ2) is 3.38. The number of hydrogen-bond donors (Lipinski definition) is 1. The molecule has 16 heavy (non-hydrogen) atoms. The Bertz CT molecular complexity index is 295. The summed E-state index contributed by atoms with van der Waals surface area (Å²) in [6.07, 6.45) is 5.05. The van der Waals surface area contributed by atoms with Gasteiger partial charge in [-0.05, 0) is 37.5 Å². The summed E-state index contributed by atoms with van der Waals surface area (Å²) in [4.78, 5) is 13.7. The van der Waals surface area contributed by atoms with E-state index in [1.54, 1.807) is 0 Å². The molecular formula is C13H22N2O. The van der Waals surface area contributed by atoms with Gasteiger partial charge in [0.2, 0.25) is 0 Å². The Morgan fingerprint density at radius 3 is 2.44 bits per heavy atom. The third-order valence-corrected chi connectivity index (χ3v) is 4.58. The fraction of sp³-hybridized carbons (Fsp3) is 0.923. The maximum absolute atomic E-state index is 11.7. The molecule has 2 aliphatic carbocycles. The van der Waals surface area contributed by atoms with E-state index in [4.69, 9.17) is 0 Å². The van der Waals surface area contributed by atoms with Crippen molar-refractivity contribution in [1.29, 1.82) is 0 Å². The first kappa shape index (κ1) is 10.4. The van der Waals surface area contributed by atoms with Gasteiger partial charge in [0.05, 0.1) is 0 Å². The van der Waals surface area contributed by atoms with Crippen LogP contribution < -0.4 is 5.32 Å². The Kier molecular flexibility index (Phi) is 2.20. The largest absolute Gasteiger partial charge is 0.335 e. The monoisotopic (exact) mass is 222 g/mol. The number of hydrogen-bond acceptors (Lipinski definition) is 1. The molecule has 2 saturated carbocycles. The minimum atomic E-state index is 0.182. The molecular weight excluding hydrogens is 200 g/mol. The molecule has 3 aliphatic rings. The molecule has 0 aromatic carbocycles. The maximum atomic E-state index is 11.7. The molecule has 3 rings (SSSR count). The Morgan fingerprint density at radius 2 is 1.94 bits per heavy atom. The topological polar surface area (TPSA) is 32.3 Å². The van der Waals surface area contributed by atoms with Crippen LogP contribution >= 0.6 is 0 Å². The lowest BCUT2D eigenvalue weighted by atomic mass is 9.55. The number of likely N-dealkylation sites (tertiary alicyclic amines) is 1. The van der Waals surface area contributed by atoms with Gasteiger partial charge in [-0.25, -0.2) is 4.79 Å². The zero-order valence-corrected chi connectivity index (χ0v) is 10.3. The van der Waals surface area contributed by atoms with Gasteiger partial charge in [-0.1, -0.05) is 13.8 Å². The van der Waals surface area contributed by atoms with Gasteiger partial charge in [-0.15, -0.1) is 0 Å². The molecule has 0 atom stereocenters. The van der Waals surface area contributed by atoms with Crippen LogP contribution in [0.25, 0.3) is 0 Å². The van der Waals surface area contributed by atoms with Gasteiger partial charge in [-0.2, -0.15) is 0 Å². The van der Waals surface area contributed by atoms with E-state index in [-0.39, 0.29) is 6.03 Å². The lowest BCUT2D eigenvalue weighted by molar-refractivity contribution is -0.0839. The molecule has 2 amide bonds. The molecule has 0 aromatic rings. The highest BCUT2D eigenvalue weighted by atomic mass is 16.2. The molecule has 90 valence electrons. The van der Waals surface area contributed by atoms with E-state index in [0.29, 0.717) is 11.5 Å². The Hall–Kier alpha value is -0.730. The molecule has 0 radical (unpaired) electrons. The standard InChI is InChI=1S/C13H22N2O/c1-9(2)10-5-13(6-10)7-15(8-13)12(16)14-11-3-4-11/h9-11H,3-8H2,1-2H3,(H,14,16). The smallest absolute Gasteiger partial charge is 0.317 e. The number of urea groups is 1. The Labute approximate surface area is 97.6 Å². The highest BCUT2D eigenvalue weighted by Crippen LogP contribution is 2.54. The second-order valence-electron chi connectivity index (χ2n) is 6.49. The van der Waals surface area contributed by atoms with Crippen molar-refractivity contribution in [1.82, 2.24) is 10.2 Å². The molecule has 1 saturated heterocycles. The maximum Gasteiger partial charge on any atom is 0.317 e. The summed E-state index contributed by atoms with van der Waals surface area (Å²) in [5.41, 5.74) is 0.524. The van der Waals surface area contributed by atoms with Gasteiger partial charge in [0.25, 0.3) is 0 Å². The van der Waals surface area contributed by atoms with Gasteiger partial charge >= 0.3 is 6.03 Å². The number of rotatable bonds is 2. The van der Waals surface area contributed by atoms with Crippen molar-refractivity contribution >= 4 is 6.03 Å². The van der Waals surface area contributed by atoms with Crippen LogP contribution in [0.1, 0.15) is 39.5 Å². The summed E-state index contributed by atoms with van der Waals surface area (Å²) in [5.74, 6) is 1.73. The summed E-state index contributed by atoms with van der Waals surface area (Å²) in [5, 5.41) is 3.06. The average Bonchev–Trinajstić information content (AvgIpc) is 2.81. The molecule has 0 bridgehead atoms. The average molecular weight is 222 g/mol. The van der Waals surface area contributed by atoms with Crippen LogP contribution in [0.15, 0.2) is 0 Å². The Balaban J connectivity index is 1.43. The van der Waals surface area contributed by atoms with Crippen molar-refractivity contribution in [3.8, 4) is 0 Å². The van der Waals surface area contributed by atoms with Crippen molar-refractivity contribution in [2.45, 2.75) is 45.6 Å². The van der Waals surface area contributed by atoms with Crippen LogP contribution in [0.5, 0.6) is 0 Å². The van der Waals surface area contributed by atoms with E-state index < -0.39 is 0 Å². The summed E-state index contributed by atoms with van der Waals surface area (Å²) >= 11 is 0. The van der Waals surface area contributed by atoms with E-state index in [2.05, 4.69) is 19.2 Å². The predicted octanol–water partition coefficient (Wildman–Crippen LogP) is 2.23. The van der Waals surface area contributed by atoms with Crippen LogP contribution in [-0.4, -0.2) is 30.1 Å². The van der Waals surface area contributed by atoms with Gasteiger partial charge in [0.1, 0.15) is 0 Å². The predicted molar refractivity (Wildman–Crippen MR) is 63.1 cm³/mol. The molecule has 0 aromatic heterocycles. The first-order valence-electron chi connectivity index (χ1n) is 6.63. The molecule has 0 unspecified atom stereocenters. The van der Waals surface area contributed by atoms with Gasteiger partial charge < -0.3 is 10.2 Å². The zero-order chi connectivity index (χ0) is 11.3. The van der Waals surface area contributed by atoms with Gasteiger partial charge in [0.15, 0.2) is 0 Å². The highest BCUT2D eigenvalue weighted by Gasteiger charge is 2.54. The number of amides is 2. The lowest BCUT2D eigenvalue weighted by Crippen LogP contribution is -2.65. The highest BCUT2D eigenvalue weighted by molar-refractivity contribution is 5.76. The van der Waals surface area contributed by atoms with Crippen LogP contribution in [0.4, 0.5) is 4.79 Å². The molecule has 1 N–H and O–H groups in total. The van der Waals surface area contributed by atoms with Crippen LogP contribution in [0.2, 0.25) is 0 Å². The number of carbonyl (C=O) groups is 1. The second-order valence-corrected chi connectivity index (χ2v) is 6.49. The Morgan fingerprint density at radius 1 is 1.31 bits per heavy atom. The van der Waals surface area contributed by atoms with Crippen LogP contribution in [-0.2, 0) is 0 Å². The molecule has 1 heterocycles. The van der Waals surface area contributed by atoms with Gasteiger partial charge in [-0.3, -0.25) is 0 Å². The quantitative estimate of drug-likeness (QED) is 0.763. The van der Waals surface area contributed by atoms with Crippen molar-refractivity contribution in [3.05, 3.63) is 0 Å². The molecule has 1 spiro atoms. The number of carbonyl (C=O) groups excluding carboxylic acids is 1. The summed E-state index contributed by atoms with van der Waals surface area (Å²) < 4.78 is 0. The van der Waals surface area contributed by atoms with E-state index in [9.17, 15) is 4.79 Å². The van der Waals surface area contributed by atoms with Crippen molar-refractivity contribution < 1.29 is 4.79 Å². The fourth-order valence-electron chi connectivity index (χ4n) is 3.18. The summed E-state index contributed by atoms with van der Waals surface area (Å²) in [6.45, 7) is 6.64. The summed E-state index contributed by atoms with van der Waals surface area (Å²) in [6, 6.07) is 0.676. The number of nitrogens with zero attached hydrogens (tertiary/aromatic N) is 1. The van der Waals surface area contributed by atoms with Crippen LogP contribution in [0.3, 0.4) is 0 Å². The normalized spacial score (nSPS) is 27.8. The van der Waals surface area contributed by atoms with Crippen LogP contribution in [0, 0.1) is 17.3 Å². The lowest BCUT2D eigenvalue weighted by Gasteiger charge is -2.60. The summed E-state index contributed by atoms with van der Waals surface area (Å²) in [7, 11) is 0. The SMILES string of the molecule is CC(C)C1CC2(C1)CN(C(=O)NC1CC1)C2. The molecule has 3 nitrogen and oxygen atoms in total. The first-order chi connectivity index (χ1) is 7.58. The minimum Gasteiger partial charge on any atom is -0.335 e. The molecule has 3 heteroatoms. The van der Waals surface area contributed by atoms with Gasteiger partial charge in [0, 0.05) is 24.5 Å². The van der Waals surface area contributed by atoms with Crippen molar-refractivity contribution in [2.24, 2.45) is 17.3 Å². The third-order valence-electron chi connectivity index (χ3n) is 4.58. The zero-order valence-electron chi connectivity index (χ0n) is 10.3. The number of nitrogens with one attached hydrogen (secondary N) is 1.